The van der Waals surface area contributed by atoms with Crippen LogP contribution in [0.5, 0.6) is 5.75 Å². The number of anilines is 1. The first kappa shape index (κ1) is 21.0. The topological polar surface area (TPSA) is 93.1 Å². The number of hydrogen-bond acceptors (Lipinski definition) is 7. The van der Waals surface area contributed by atoms with Crippen molar-refractivity contribution in [2.45, 2.75) is 38.3 Å². The number of benzene rings is 1. The predicted molar refractivity (Wildman–Crippen MR) is 117 cm³/mol. The van der Waals surface area contributed by atoms with Gasteiger partial charge in [-0.15, -0.1) is 0 Å². The van der Waals surface area contributed by atoms with Crippen LogP contribution in [-0.4, -0.2) is 54.2 Å². The molecule has 2 aromatic rings. The third-order valence-corrected chi connectivity index (χ3v) is 5.59. The molecule has 31 heavy (non-hydrogen) atoms. The minimum atomic E-state index is -0.968. The molecule has 0 spiro atoms. The highest BCUT2D eigenvalue weighted by Crippen LogP contribution is 2.30. The van der Waals surface area contributed by atoms with Gasteiger partial charge in [0.05, 0.1) is 13.2 Å². The number of carbonyl (C=O) groups is 2. The van der Waals surface area contributed by atoms with Crippen molar-refractivity contribution in [1.29, 1.82) is 0 Å². The summed E-state index contributed by atoms with van der Waals surface area (Å²) in [6.07, 6.45) is 3.50. The SMILES string of the molecule is COc1cccnc1N(C(=O)c1ccc(C2=NOC(C)(C)C2=O)cc1)[C@@H]1CCCNC1. The van der Waals surface area contributed by atoms with Crippen molar-refractivity contribution in [3.05, 3.63) is 53.7 Å². The zero-order valence-corrected chi connectivity index (χ0v) is 17.9. The van der Waals surface area contributed by atoms with Gasteiger partial charge in [-0.05, 0) is 57.5 Å². The summed E-state index contributed by atoms with van der Waals surface area (Å²) in [5.41, 5.74) is 0.412. The predicted octanol–water partition coefficient (Wildman–Crippen LogP) is 2.57. The molecule has 4 rings (SSSR count). The molecule has 162 valence electrons. The Morgan fingerprint density at radius 2 is 2.03 bits per heavy atom. The van der Waals surface area contributed by atoms with Gasteiger partial charge >= 0.3 is 0 Å². The van der Waals surface area contributed by atoms with E-state index in [1.165, 1.54) is 0 Å². The maximum atomic E-state index is 13.6. The van der Waals surface area contributed by atoms with E-state index in [2.05, 4.69) is 15.5 Å². The highest BCUT2D eigenvalue weighted by molar-refractivity contribution is 6.49. The van der Waals surface area contributed by atoms with Crippen molar-refractivity contribution in [3.63, 3.8) is 0 Å². The van der Waals surface area contributed by atoms with Crippen molar-refractivity contribution < 1.29 is 19.2 Å². The van der Waals surface area contributed by atoms with E-state index in [4.69, 9.17) is 9.57 Å². The number of methoxy groups -OCH3 is 1. The van der Waals surface area contributed by atoms with Gasteiger partial charge in [0.2, 0.25) is 5.78 Å². The number of ether oxygens (including phenoxy) is 1. The second-order valence-corrected chi connectivity index (χ2v) is 8.15. The molecule has 2 aliphatic rings. The molecule has 1 atom stereocenters. The molecule has 0 radical (unpaired) electrons. The van der Waals surface area contributed by atoms with Gasteiger partial charge in [0.1, 0.15) is 0 Å². The van der Waals surface area contributed by atoms with E-state index in [1.807, 2.05) is 0 Å². The molecular formula is C23H26N4O4. The minimum Gasteiger partial charge on any atom is -0.493 e. The molecule has 0 saturated carbocycles. The van der Waals surface area contributed by atoms with E-state index in [9.17, 15) is 9.59 Å². The maximum Gasteiger partial charge on any atom is 0.259 e. The molecule has 1 N–H and O–H groups in total. The number of aromatic nitrogens is 1. The van der Waals surface area contributed by atoms with Crippen LogP contribution >= 0.6 is 0 Å². The summed E-state index contributed by atoms with van der Waals surface area (Å²) in [4.78, 5) is 37.4. The van der Waals surface area contributed by atoms with Crippen molar-refractivity contribution in [3.8, 4) is 5.75 Å². The number of piperidine rings is 1. The van der Waals surface area contributed by atoms with Gasteiger partial charge in [0.25, 0.3) is 5.91 Å². The van der Waals surface area contributed by atoms with Crippen LogP contribution < -0.4 is 15.0 Å². The quantitative estimate of drug-likeness (QED) is 0.796. The van der Waals surface area contributed by atoms with Crippen LogP contribution in [0.1, 0.15) is 42.6 Å². The Kier molecular flexibility index (Phi) is 5.73. The summed E-state index contributed by atoms with van der Waals surface area (Å²) < 4.78 is 5.48. The van der Waals surface area contributed by atoms with Crippen molar-refractivity contribution >= 4 is 23.2 Å². The fourth-order valence-corrected chi connectivity index (χ4v) is 3.83. The Hall–Kier alpha value is -3.26. The summed E-state index contributed by atoms with van der Waals surface area (Å²) >= 11 is 0. The number of pyridine rings is 1. The number of hydrogen-bond donors (Lipinski definition) is 1. The Labute approximate surface area is 181 Å². The fourth-order valence-electron chi connectivity index (χ4n) is 3.83. The van der Waals surface area contributed by atoms with Gasteiger partial charge < -0.3 is 14.9 Å². The first-order chi connectivity index (χ1) is 14.9. The third-order valence-electron chi connectivity index (χ3n) is 5.59. The first-order valence-electron chi connectivity index (χ1n) is 10.4. The first-order valence-corrected chi connectivity index (χ1v) is 10.4. The molecule has 8 nitrogen and oxygen atoms in total. The molecule has 0 bridgehead atoms. The van der Waals surface area contributed by atoms with Crippen LogP contribution in [0.4, 0.5) is 5.82 Å². The number of ketones is 1. The molecule has 1 fully saturated rings. The molecule has 8 heteroatoms. The van der Waals surface area contributed by atoms with Gasteiger partial charge in [-0.1, -0.05) is 17.3 Å². The number of carbonyl (C=O) groups excluding carboxylic acids is 2. The number of rotatable bonds is 5. The zero-order chi connectivity index (χ0) is 22.0. The lowest BCUT2D eigenvalue weighted by Crippen LogP contribution is -2.49. The Morgan fingerprint density at radius 1 is 1.26 bits per heavy atom. The summed E-state index contributed by atoms with van der Waals surface area (Å²) in [7, 11) is 1.57. The Balaban J connectivity index is 1.65. The fraction of sp³-hybridized carbons (Fsp3) is 0.391. The normalized spacial score (nSPS) is 20.0. The molecule has 0 unspecified atom stereocenters. The molecule has 1 saturated heterocycles. The number of oxime groups is 1. The number of Topliss-reactive ketones (excluding diaryl/α,β-unsaturated/α-hetero) is 1. The van der Waals surface area contributed by atoms with Crippen molar-refractivity contribution in [2.75, 3.05) is 25.1 Å². The van der Waals surface area contributed by atoms with Gasteiger partial charge in [0.15, 0.2) is 22.9 Å². The van der Waals surface area contributed by atoms with Crippen LogP contribution in [0.2, 0.25) is 0 Å². The number of nitrogens with one attached hydrogen (secondary N) is 1. The van der Waals surface area contributed by atoms with E-state index in [1.54, 1.807) is 68.5 Å². The van der Waals surface area contributed by atoms with Crippen LogP contribution in [-0.2, 0) is 9.63 Å². The zero-order valence-electron chi connectivity index (χ0n) is 17.9. The second-order valence-electron chi connectivity index (χ2n) is 8.15. The summed E-state index contributed by atoms with van der Waals surface area (Å²) in [5, 5.41) is 7.29. The second kappa shape index (κ2) is 8.47. The average Bonchev–Trinajstić information content (AvgIpc) is 3.07. The molecule has 2 aliphatic heterocycles. The number of nitrogens with zero attached hydrogens (tertiary/aromatic N) is 3. The van der Waals surface area contributed by atoms with E-state index >= 15 is 0 Å². The summed E-state index contributed by atoms with van der Waals surface area (Å²) in [6.45, 7) is 4.97. The molecule has 3 heterocycles. The van der Waals surface area contributed by atoms with Crippen LogP contribution in [0, 0.1) is 0 Å². The van der Waals surface area contributed by atoms with Gasteiger partial charge in [-0.2, -0.15) is 0 Å². The average molecular weight is 422 g/mol. The standard InChI is InChI=1S/C23H26N4O4/c1-23(2)20(28)19(26-31-23)15-8-10-16(11-9-15)22(29)27(17-6-4-12-24-14-17)21-18(30-3)7-5-13-25-21/h5,7-11,13,17,24H,4,6,12,14H2,1-3H3/t17-/m1/s1. The van der Waals surface area contributed by atoms with E-state index in [-0.39, 0.29) is 23.4 Å². The lowest BCUT2D eigenvalue weighted by Gasteiger charge is -2.34. The number of amides is 1. The van der Waals surface area contributed by atoms with Gasteiger partial charge in [-0.25, -0.2) is 4.98 Å². The monoisotopic (exact) mass is 422 g/mol. The molecule has 1 aromatic carbocycles. The maximum absolute atomic E-state index is 13.6. The largest absolute Gasteiger partial charge is 0.493 e. The minimum absolute atomic E-state index is 0.0419. The molecule has 0 aliphatic carbocycles. The molecular weight excluding hydrogens is 396 g/mol. The summed E-state index contributed by atoms with van der Waals surface area (Å²) in [5.74, 6) is 0.690. The van der Waals surface area contributed by atoms with E-state index in [0.29, 0.717) is 29.2 Å². The van der Waals surface area contributed by atoms with Crippen LogP contribution in [0.3, 0.4) is 0 Å². The highest BCUT2D eigenvalue weighted by Gasteiger charge is 2.40. The lowest BCUT2D eigenvalue weighted by molar-refractivity contribution is -0.128. The van der Waals surface area contributed by atoms with Gasteiger partial charge in [0, 0.05) is 23.9 Å². The van der Waals surface area contributed by atoms with Crippen LogP contribution in [0.15, 0.2) is 47.8 Å². The van der Waals surface area contributed by atoms with E-state index in [0.717, 1.165) is 19.4 Å². The molecule has 1 aromatic heterocycles. The third kappa shape index (κ3) is 4.03. The van der Waals surface area contributed by atoms with E-state index < -0.39 is 5.60 Å². The summed E-state index contributed by atoms with van der Waals surface area (Å²) in [6, 6.07) is 10.4. The lowest BCUT2D eigenvalue weighted by atomic mass is 9.95. The van der Waals surface area contributed by atoms with Gasteiger partial charge in [-0.3, -0.25) is 14.5 Å². The van der Waals surface area contributed by atoms with Crippen molar-refractivity contribution in [2.24, 2.45) is 5.16 Å². The van der Waals surface area contributed by atoms with Crippen molar-refractivity contribution in [1.82, 2.24) is 10.3 Å². The van der Waals surface area contributed by atoms with Crippen LogP contribution in [0.25, 0.3) is 0 Å². The Morgan fingerprint density at radius 3 is 2.65 bits per heavy atom. The highest BCUT2D eigenvalue weighted by atomic mass is 16.7. The molecule has 1 amide bonds. The Bertz CT molecular complexity index is 1010. The smallest absolute Gasteiger partial charge is 0.259 e.